The molecule has 0 aliphatic heterocycles. The van der Waals surface area contributed by atoms with E-state index in [9.17, 15) is 4.79 Å². The summed E-state index contributed by atoms with van der Waals surface area (Å²) in [5.74, 6) is -0.0349. The molecule has 1 saturated carbocycles. The molecule has 1 aromatic rings. The lowest BCUT2D eigenvalue weighted by Crippen LogP contribution is -2.53. The first-order chi connectivity index (χ1) is 7.03. The second-order valence-electron chi connectivity index (χ2n) is 3.97. The van der Waals surface area contributed by atoms with Crippen LogP contribution in [0.3, 0.4) is 0 Å². The van der Waals surface area contributed by atoms with Crippen molar-refractivity contribution in [2.45, 2.75) is 24.8 Å². The number of ketones is 1. The van der Waals surface area contributed by atoms with Crippen molar-refractivity contribution < 1.29 is 4.79 Å². The fraction of sp³-hybridized carbons (Fsp3) is 0.364. The molecule has 0 amide bonds. The van der Waals surface area contributed by atoms with Crippen LogP contribution in [0.15, 0.2) is 18.2 Å². The first kappa shape index (κ1) is 10.9. The largest absolute Gasteiger partial charge is 0.319 e. The fourth-order valence-corrected chi connectivity index (χ4v) is 2.01. The number of benzene rings is 1. The highest BCUT2D eigenvalue weighted by molar-refractivity contribution is 6.42. The third-order valence-corrected chi connectivity index (χ3v) is 3.62. The smallest absolute Gasteiger partial charge is 0.182 e. The Labute approximate surface area is 98.4 Å². The fourth-order valence-electron chi connectivity index (χ4n) is 1.71. The van der Waals surface area contributed by atoms with E-state index in [1.54, 1.807) is 18.2 Å². The minimum atomic E-state index is -0.669. The summed E-state index contributed by atoms with van der Waals surface area (Å²) >= 11 is 11.6. The molecule has 80 valence electrons. The topological polar surface area (TPSA) is 43.1 Å². The van der Waals surface area contributed by atoms with Gasteiger partial charge in [0.25, 0.3) is 0 Å². The Morgan fingerprint density at radius 2 is 1.93 bits per heavy atom. The highest BCUT2D eigenvalue weighted by atomic mass is 35.5. The molecule has 4 heteroatoms. The number of halogens is 2. The minimum absolute atomic E-state index is 0.0349. The third kappa shape index (κ3) is 1.89. The van der Waals surface area contributed by atoms with E-state index in [2.05, 4.69) is 0 Å². The van der Waals surface area contributed by atoms with Gasteiger partial charge in [-0.2, -0.15) is 0 Å². The lowest BCUT2D eigenvalue weighted by Gasteiger charge is -2.36. The molecule has 0 atom stereocenters. The number of carbonyl (C=O) groups is 1. The van der Waals surface area contributed by atoms with Gasteiger partial charge in [0.05, 0.1) is 15.6 Å². The van der Waals surface area contributed by atoms with Crippen LogP contribution in [0, 0.1) is 0 Å². The Bertz CT molecular complexity index is 413. The zero-order chi connectivity index (χ0) is 11.1. The average molecular weight is 244 g/mol. The standard InChI is InChI=1S/C11H11Cl2NO/c12-8-3-2-7(6-9(8)13)10(15)11(14)4-1-5-11/h2-3,6H,1,4-5,14H2. The van der Waals surface area contributed by atoms with Gasteiger partial charge < -0.3 is 5.73 Å². The molecule has 0 aromatic heterocycles. The average Bonchev–Trinajstić information content (AvgIpc) is 2.17. The van der Waals surface area contributed by atoms with Crippen LogP contribution in [0.5, 0.6) is 0 Å². The van der Waals surface area contributed by atoms with E-state index in [0.29, 0.717) is 15.6 Å². The highest BCUT2D eigenvalue weighted by Gasteiger charge is 2.40. The van der Waals surface area contributed by atoms with Gasteiger partial charge in [-0.25, -0.2) is 0 Å². The van der Waals surface area contributed by atoms with E-state index in [0.717, 1.165) is 19.3 Å². The number of hydrogen-bond donors (Lipinski definition) is 1. The minimum Gasteiger partial charge on any atom is -0.319 e. The lowest BCUT2D eigenvalue weighted by atomic mass is 9.73. The molecule has 1 aromatic carbocycles. The maximum atomic E-state index is 12.0. The lowest BCUT2D eigenvalue weighted by molar-refractivity contribution is 0.0801. The molecule has 2 nitrogen and oxygen atoms in total. The number of rotatable bonds is 2. The van der Waals surface area contributed by atoms with Crippen LogP contribution in [0.4, 0.5) is 0 Å². The van der Waals surface area contributed by atoms with Gasteiger partial charge in [-0.3, -0.25) is 4.79 Å². The van der Waals surface area contributed by atoms with Gasteiger partial charge in [0.1, 0.15) is 0 Å². The Morgan fingerprint density at radius 3 is 2.40 bits per heavy atom. The number of Topliss-reactive ketones (excluding diaryl/α,β-unsaturated/α-hetero) is 1. The summed E-state index contributed by atoms with van der Waals surface area (Å²) in [5, 5.41) is 0.846. The van der Waals surface area contributed by atoms with Crippen molar-refractivity contribution in [3.05, 3.63) is 33.8 Å². The first-order valence-corrected chi connectivity index (χ1v) is 5.57. The zero-order valence-corrected chi connectivity index (χ0v) is 9.61. The van der Waals surface area contributed by atoms with Crippen LogP contribution in [-0.4, -0.2) is 11.3 Å². The van der Waals surface area contributed by atoms with Crippen molar-refractivity contribution in [3.8, 4) is 0 Å². The van der Waals surface area contributed by atoms with Gasteiger partial charge in [0.2, 0.25) is 0 Å². The monoisotopic (exact) mass is 243 g/mol. The van der Waals surface area contributed by atoms with Crippen LogP contribution < -0.4 is 5.73 Å². The Kier molecular flexibility index (Phi) is 2.75. The van der Waals surface area contributed by atoms with Crippen LogP contribution in [0.25, 0.3) is 0 Å². The van der Waals surface area contributed by atoms with Gasteiger partial charge in [0, 0.05) is 5.56 Å². The zero-order valence-electron chi connectivity index (χ0n) is 8.09. The summed E-state index contributed by atoms with van der Waals surface area (Å²) in [6.45, 7) is 0. The third-order valence-electron chi connectivity index (χ3n) is 2.88. The molecule has 1 aliphatic carbocycles. The van der Waals surface area contributed by atoms with Crippen LogP contribution in [0.1, 0.15) is 29.6 Å². The Balaban J connectivity index is 2.30. The molecule has 0 unspecified atom stereocenters. The molecule has 2 rings (SSSR count). The van der Waals surface area contributed by atoms with Crippen LogP contribution in [0.2, 0.25) is 10.0 Å². The molecule has 1 fully saturated rings. The summed E-state index contributed by atoms with van der Waals surface area (Å²) < 4.78 is 0. The Morgan fingerprint density at radius 1 is 1.27 bits per heavy atom. The molecule has 1 aliphatic rings. The predicted molar refractivity (Wildman–Crippen MR) is 61.6 cm³/mol. The summed E-state index contributed by atoms with van der Waals surface area (Å²) in [4.78, 5) is 12.0. The van der Waals surface area contributed by atoms with Crippen molar-refractivity contribution in [2.24, 2.45) is 5.73 Å². The van der Waals surface area contributed by atoms with Crippen molar-refractivity contribution >= 4 is 29.0 Å². The predicted octanol–water partition coefficient (Wildman–Crippen LogP) is 3.06. The SMILES string of the molecule is NC1(C(=O)c2ccc(Cl)c(Cl)c2)CCC1. The van der Waals surface area contributed by atoms with Gasteiger partial charge in [-0.05, 0) is 37.5 Å². The molecule has 15 heavy (non-hydrogen) atoms. The maximum absolute atomic E-state index is 12.0. The number of carbonyl (C=O) groups excluding carboxylic acids is 1. The molecule has 0 spiro atoms. The second-order valence-corrected chi connectivity index (χ2v) is 4.78. The van der Waals surface area contributed by atoms with Crippen molar-refractivity contribution in [1.29, 1.82) is 0 Å². The summed E-state index contributed by atoms with van der Waals surface area (Å²) in [7, 11) is 0. The van der Waals surface area contributed by atoms with E-state index in [4.69, 9.17) is 28.9 Å². The van der Waals surface area contributed by atoms with Gasteiger partial charge in [0.15, 0.2) is 5.78 Å². The molecule has 0 bridgehead atoms. The molecule has 0 heterocycles. The first-order valence-electron chi connectivity index (χ1n) is 4.82. The van der Waals surface area contributed by atoms with Crippen molar-refractivity contribution in [1.82, 2.24) is 0 Å². The second kappa shape index (κ2) is 3.78. The van der Waals surface area contributed by atoms with E-state index < -0.39 is 5.54 Å². The molecular weight excluding hydrogens is 233 g/mol. The maximum Gasteiger partial charge on any atom is 0.182 e. The summed E-state index contributed by atoms with van der Waals surface area (Å²) in [6.07, 6.45) is 2.53. The van der Waals surface area contributed by atoms with Crippen LogP contribution in [-0.2, 0) is 0 Å². The number of hydrogen-bond acceptors (Lipinski definition) is 2. The van der Waals surface area contributed by atoms with E-state index in [-0.39, 0.29) is 5.78 Å². The quantitative estimate of drug-likeness (QED) is 0.812. The van der Waals surface area contributed by atoms with Crippen LogP contribution >= 0.6 is 23.2 Å². The molecule has 0 saturated heterocycles. The van der Waals surface area contributed by atoms with Crippen molar-refractivity contribution in [3.63, 3.8) is 0 Å². The molecule has 2 N–H and O–H groups in total. The molecule has 0 radical (unpaired) electrons. The highest BCUT2D eigenvalue weighted by Crippen LogP contribution is 2.33. The van der Waals surface area contributed by atoms with Crippen molar-refractivity contribution in [2.75, 3.05) is 0 Å². The van der Waals surface area contributed by atoms with E-state index in [1.165, 1.54) is 0 Å². The molecular formula is C11H11Cl2NO. The van der Waals surface area contributed by atoms with E-state index >= 15 is 0 Å². The van der Waals surface area contributed by atoms with Gasteiger partial charge in [-0.15, -0.1) is 0 Å². The van der Waals surface area contributed by atoms with E-state index in [1.807, 2.05) is 0 Å². The normalized spacial score (nSPS) is 18.3. The number of nitrogens with two attached hydrogens (primary N) is 1. The summed E-state index contributed by atoms with van der Waals surface area (Å²) in [6, 6.07) is 4.88. The van der Waals surface area contributed by atoms with Gasteiger partial charge in [-0.1, -0.05) is 23.2 Å². The Hall–Kier alpha value is -0.570. The van der Waals surface area contributed by atoms with Gasteiger partial charge >= 0.3 is 0 Å². The summed E-state index contributed by atoms with van der Waals surface area (Å²) in [5.41, 5.74) is 5.82.